The molecule has 2 N–H and O–H groups in total. The number of nitrogens with zero attached hydrogens (tertiary/aromatic N) is 1. The van der Waals surface area contributed by atoms with E-state index in [0.29, 0.717) is 11.4 Å². The Morgan fingerprint density at radius 2 is 1.64 bits per heavy atom. The number of benzene rings is 2. The zero-order valence-electron chi connectivity index (χ0n) is 11.5. The van der Waals surface area contributed by atoms with E-state index in [1.165, 1.54) is 6.20 Å². The lowest BCUT2D eigenvalue weighted by Gasteiger charge is -2.08. The van der Waals surface area contributed by atoms with Gasteiger partial charge in [0.2, 0.25) is 5.88 Å². The number of anilines is 2. The first-order valence-electron chi connectivity index (χ1n) is 6.61. The minimum absolute atomic E-state index is 0.279. The van der Waals surface area contributed by atoms with Crippen molar-refractivity contribution in [3.05, 3.63) is 66.9 Å². The van der Waals surface area contributed by atoms with E-state index in [2.05, 4.69) is 15.8 Å². The normalized spacial score (nSPS) is 10.0. The van der Waals surface area contributed by atoms with Gasteiger partial charge in [-0.15, -0.1) is 0 Å². The lowest BCUT2D eigenvalue weighted by atomic mass is 10.3. The second kappa shape index (κ2) is 6.45. The van der Waals surface area contributed by atoms with E-state index in [0.717, 1.165) is 5.75 Å². The van der Waals surface area contributed by atoms with Gasteiger partial charge in [0, 0.05) is 11.8 Å². The van der Waals surface area contributed by atoms with Gasteiger partial charge < -0.3 is 14.6 Å². The van der Waals surface area contributed by atoms with Crippen molar-refractivity contribution in [1.29, 1.82) is 0 Å². The van der Waals surface area contributed by atoms with Crippen LogP contribution in [0.25, 0.3) is 0 Å². The quantitative estimate of drug-likeness (QED) is 0.759. The molecular formula is C16H13N3O3. The molecule has 2 amide bonds. The van der Waals surface area contributed by atoms with Crippen LogP contribution >= 0.6 is 0 Å². The first kappa shape index (κ1) is 13.7. The van der Waals surface area contributed by atoms with Crippen LogP contribution in [-0.2, 0) is 0 Å². The molecule has 22 heavy (non-hydrogen) atoms. The molecule has 0 unspecified atom stereocenters. The Labute approximate surface area is 126 Å². The zero-order chi connectivity index (χ0) is 15.2. The van der Waals surface area contributed by atoms with Crippen molar-refractivity contribution in [2.75, 3.05) is 10.6 Å². The molecule has 6 heteroatoms. The van der Waals surface area contributed by atoms with E-state index in [-0.39, 0.29) is 5.88 Å². The first-order chi connectivity index (χ1) is 10.8. The maximum Gasteiger partial charge on any atom is 0.326 e. The molecule has 2 aromatic carbocycles. The third-order valence-corrected chi connectivity index (χ3v) is 2.77. The molecule has 0 saturated carbocycles. The van der Waals surface area contributed by atoms with Crippen LogP contribution in [0.4, 0.5) is 16.4 Å². The van der Waals surface area contributed by atoms with Crippen LogP contribution in [0.1, 0.15) is 0 Å². The summed E-state index contributed by atoms with van der Waals surface area (Å²) in [5, 5.41) is 8.69. The number of hydrogen-bond acceptors (Lipinski definition) is 4. The van der Waals surface area contributed by atoms with Crippen molar-refractivity contribution >= 4 is 17.6 Å². The van der Waals surface area contributed by atoms with Gasteiger partial charge in [-0.25, -0.2) is 4.79 Å². The Bertz CT molecular complexity index is 725. The lowest BCUT2D eigenvalue weighted by Crippen LogP contribution is -2.18. The summed E-state index contributed by atoms with van der Waals surface area (Å²) >= 11 is 0. The number of amides is 2. The predicted molar refractivity (Wildman–Crippen MR) is 82.1 cm³/mol. The zero-order valence-corrected chi connectivity index (χ0v) is 11.5. The first-order valence-corrected chi connectivity index (χ1v) is 6.61. The summed E-state index contributed by atoms with van der Waals surface area (Å²) in [5.41, 5.74) is 0.637. The van der Waals surface area contributed by atoms with Gasteiger partial charge in [-0.05, 0) is 36.4 Å². The molecule has 0 bridgehead atoms. The minimum Gasteiger partial charge on any atom is -0.457 e. The Hall–Kier alpha value is -3.28. The number of nitrogens with one attached hydrogen (secondary N) is 2. The number of urea groups is 1. The van der Waals surface area contributed by atoms with Crippen molar-refractivity contribution in [2.24, 2.45) is 0 Å². The minimum atomic E-state index is -0.409. The van der Waals surface area contributed by atoms with Crippen LogP contribution < -0.4 is 15.4 Å². The average molecular weight is 295 g/mol. The second-order valence-corrected chi connectivity index (χ2v) is 4.40. The third-order valence-electron chi connectivity index (χ3n) is 2.77. The van der Waals surface area contributed by atoms with Gasteiger partial charge in [-0.2, -0.15) is 0 Å². The van der Waals surface area contributed by atoms with Crippen molar-refractivity contribution in [2.45, 2.75) is 0 Å². The highest BCUT2D eigenvalue weighted by atomic mass is 16.5. The molecule has 1 aromatic heterocycles. The lowest BCUT2D eigenvalue weighted by molar-refractivity contribution is 0.261. The molecule has 0 aliphatic rings. The Balaban J connectivity index is 1.58. The van der Waals surface area contributed by atoms with Gasteiger partial charge in [0.15, 0.2) is 0 Å². The van der Waals surface area contributed by atoms with Crippen LogP contribution in [0, 0.1) is 0 Å². The topological polar surface area (TPSA) is 76.4 Å². The molecule has 3 aromatic rings. The van der Waals surface area contributed by atoms with Crippen LogP contribution in [0.5, 0.6) is 11.5 Å². The van der Waals surface area contributed by atoms with Crippen LogP contribution in [0.3, 0.4) is 0 Å². The summed E-state index contributed by atoms with van der Waals surface area (Å²) in [6, 6.07) is 17.7. The van der Waals surface area contributed by atoms with E-state index in [9.17, 15) is 4.79 Å². The fraction of sp³-hybridized carbons (Fsp3) is 0. The Kier molecular flexibility index (Phi) is 4.01. The summed E-state index contributed by atoms with van der Waals surface area (Å²) in [7, 11) is 0. The van der Waals surface area contributed by atoms with Crippen LogP contribution in [0.2, 0.25) is 0 Å². The molecule has 1 heterocycles. The second-order valence-electron chi connectivity index (χ2n) is 4.40. The number of hydrogen-bond donors (Lipinski definition) is 2. The predicted octanol–water partition coefficient (Wildman–Crippen LogP) is 4.11. The Morgan fingerprint density at radius 1 is 0.909 bits per heavy atom. The Morgan fingerprint density at radius 3 is 2.32 bits per heavy atom. The van der Waals surface area contributed by atoms with E-state index in [4.69, 9.17) is 9.26 Å². The van der Waals surface area contributed by atoms with Crippen LogP contribution in [-0.4, -0.2) is 11.2 Å². The molecule has 0 saturated heterocycles. The van der Waals surface area contributed by atoms with Crippen molar-refractivity contribution in [3.63, 3.8) is 0 Å². The maximum absolute atomic E-state index is 11.7. The molecule has 0 aliphatic carbocycles. The number of para-hydroxylation sites is 1. The summed E-state index contributed by atoms with van der Waals surface area (Å²) < 4.78 is 10.5. The number of carbonyl (C=O) groups is 1. The number of rotatable bonds is 4. The molecular weight excluding hydrogens is 282 g/mol. The fourth-order valence-corrected chi connectivity index (χ4v) is 1.79. The number of aromatic nitrogens is 1. The van der Waals surface area contributed by atoms with Crippen LogP contribution in [0.15, 0.2) is 71.4 Å². The van der Waals surface area contributed by atoms with E-state index < -0.39 is 6.03 Å². The van der Waals surface area contributed by atoms with Gasteiger partial charge in [-0.3, -0.25) is 5.32 Å². The molecule has 0 aliphatic heterocycles. The van der Waals surface area contributed by atoms with Crippen molar-refractivity contribution in [1.82, 2.24) is 5.16 Å². The largest absolute Gasteiger partial charge is 0.457 e. The average Bonchev–Trinajstić information content (AvgIpc) is 3.03. The fourth-order valence-electron chi connectivity index (χ4n) is 1.79. The molecule has 6 nitrogen and oxygen atoms in total. The van der Waals surface area contributed by atoms with Gasteiger partial charge in [0.1, 0.15) is 11.5 Å². The highest BCUT2D eigenvalue weighted by molar-refractivity contribution is 5.98. The van der Waals surface area contributed by atoms with Crippen molar-refractivity contribution in [3.8, 4) is 11.5 Å². The summed E-state index contributed by atoms with van der Waals surface area (Å²) in [5.74, 6) is 1.72. The van der Waals surface area contributed by atoms with Gasteiger partial charge >= 0.3 is 6.03 Å². The van der Waals surface area contributed by atoms with E-state index in [1.807, 2.05) is 30.3 Å². The standard InChI is InChI=1S/C16H13N3O3/c20-16(19-15-10-11-17-22-15)18-12-6-8-14(9-7-12)21-13-4-2-1-3-5-13/h1-11H,(H2,18,19,20). The van der Waals surface area contributed by atoms with Gasteiger partial charge in [0.25, 0.3) is 0 Å². The third kappa shape index (κ3) is 3.63. The van der Waals surface area contributed by atoms with Gasteiger partial charge in [0.05, 0.1) is 6.20 Å². The number of ether oxygens (including phenoxy) is 1. The molecule has 110 valence electrons. The molecule has 0 atom stereocenters. The van der Waals surface area contributed by atoms with Crippen molar-refractivity contribution < 1.29 is 14.1 Å². The maximum atomic E-state index is 11.7. The highest BCUT2D eigenvalue weighted by Gasteiger charge is 2.05. The van der Waals surface area contributed by atoms with Gasteiger partial charge in [-0.1, -0.05) is 23.4 Å². The SMILES string of the molecule is O=C(Nc1ccc(Oc2ccccc2)cc1)Nc1ccno1. The smallest absolute Gasteiger partial charge is 0.326 e. The monoisotopic (exact) mass is 295 g/mol. The van der Waals surface area contributed by atoms with E-state index in [1.54, 1.807) is 30.3 Å². The summed E-state index contributed by atoms with van der Waals surface area (Å²) in [6.45, 7) is 0. The molecule has 0 spiro atoms. The molecule has 3 rings (SSSR count). The summed E-state index contributed by atoms with van der Waals surface area (Å²) in [4.78, 5) is 11.7. The van der Waals surface area contributed by atoms with E-state index >= 15 is 0 Å². The highest BCUT2D eigenvalue weighted by Crippen LogP contribution is 2.22. The number of carbonyl (C=O) groups excluding carboxylic acids is 1. The summed E-state index contributed by atoms with van der Waals surface area (Å²) in [6.07, 6.45) is 1.45. The molecule has 0 radical (unpaired) electrons. The molecule has 0 fully saturated rings.